The van der Waals surface area contributed by atoms with Crippen LogP contribution >= 0.6 is 0 Å². The van der Waals surface area contributed by atoms with Crippen molar-refractivity contribution in [3.63, 3.8) is 0 Å². The summed E-state index contributed by atoms with van der Waals surface area (Å²) in [5.74, 6) is 0.748. The Labute approximate surface area is 115 Å². The van der Waals surface area contributed by atoms with Gasteiger partial charge in [0.25, 0.3) is 0 Å². The van der Waals surface area contributed by atoms with E-state index < -0.39 is 0 Å². The Balaban J connectivity index is 1.72. The fraction of sp³-hybridized carbons (Fsp3) is 0.286. The van der Waals surface area contributed by atoms with Gasteiger partial charge in [0.15, 0.2) is 0 Å². The van der Waals surface area contributed by atoms with Gasteiger partial charge in [0, 0.05) is 12.3 Å². The van der Waals surface area contributed by atoms with Crippen molar-refractivity contribution in [2.45, 2.75) is 19.1 Å². The van der Waals surface area contributed by atoms with Crippen LogP contribution in [0.1, 0.15) is 11.3 Å². The van der Waals surface area contributed by atoms with Crippen molar-refractivity contribution in [3.8, 4) is 5.75 Å². The number of anilines is 1. The lowest BCUT2D eigenvalue weighted by Gasteiger charge is -2.26. The molecule has 2 aromatic rings. The Morgan fingerprint density at radius 1 is 1.40 bits per heavy atom. The molecule has 2 N–H and O–H groups in total. The SMILES string of the molecule is OCc1ccnc(NC2COc3cc(F)ccc3C2)n1. The fourth-order valence-corrected chi connectivity index (χ4v) is 2.18. The highest BCUT2D eigenvalue weighted by Gasteiger charge is 2.20. The van der Waals surface area contributed by atoms with E-state index in [1.165, 1.54) is 12.1 Å². The van der Waals surface area contributed by atoms with Gasteiger partial charge in [-0.3, -0.25) is 0 Å². The maximum atomic E-state index is 13.1. The van der Waals surface area contributed by atoms with E-state index in [1.54, 1.807) is 18.3 Å². The van der Waals surface area contributed by atoms with Crippen molar-refractivity contribution >= 4 is 5.95 Å². The molecule has 104 valence electrons. The third kappa shape index (κ3) is 2.70. The summed E-state index contributed by atoms with van der Waals surface area (Å²) in [5.41, 5.74) is 1.51. The van der Waals surface area contributed by atoms with E-state index in [-0.39, 0.29) is 18.5 Å². The molecule has 5 nitrogen and oxygen atoms in total. The highest BCUT2D eigenvalue weighted by Crippen LogP contribution is 2.26. The molecule has 0 radical (unpaired) electrons. The molecule has 0 fully saturated rings. The molecule has 0 aliphatic carbocycles. The van der Waals surface area contributed by atoms with Crippen LogP contribution in [-0.2, 0) is 13.0 Å². The van der Waals surface area contributed by atoms with E-state index in [9.17, 15) is 4.39 Å². The van der Waals surface area contributed by atoms with Crippen LogP contribution in [-0.4, -0.2) is 27.7 Å². The minimum Gasteiger partial charge on any atom is -0.491 e. The van der Waals surface area contributed by atoms with E-state index in [0.29, 0.717) is 30.4 Å². The molecular weight excluding hydrogens is 261 g/mol. The first-order valence-corrected chi connectivity index (χ1v) is 6.35. The van der Waals surface area contributed by atoms with Gasteiger partial charge < -0.3 is 15.2 Å². The van der Waals surface area contributed by atoms with Gasteiger partial charge >= 0.3 is 0 Å². The predicted molar refractivity (Wildman–Crippen MR) is 71.0 cm³/mol. The first-order valence-electron chi connectivity index (χ1n) is 6.35. The van der Waals surface area contributed by atoms with Crippen LogP contribution in [0.3, 0.4) is 0 Å². The summed E-state index contributed by atoms with van der Waals surface area (Å²) in [6, 6.07) is 6.22. The highest BCUT2D eigenvalue weighted by atomic mass is 19.1. The van der Waals surface area contributed by atoms with E-state index in [2.05, 4.69) is 15.3 Å². The number of ether oxygens (including phenoxy) is 1. The zero-order valence-electron chi connectivity index (χ0n) is 10.7. The van der Waals surface area contributed by atoms with Gasteiger partial charge in [-0.2, -0.15) is 0 Å². The van der Waals surface area contributed by atoms with Crippen LogP contribution in [0.5, 0.6) is 5.75 Å². The minimum absolute atomic E-state index is 0.0157. The number of benzene rings is 1. The van der Waals surface area contributed by atoms with E-state index >= 15 is 0 Å². The molecule has 1 aromatic carbocycles. The molecule has 0 bridgehead atoms. The van der Waals surface area contributed by atoms with Crippen molar-refractivity contribution in [2.24, 2.45) is 0 Å². The number of hydrogen-bond acceptors (Lipinski definition) is 5. The van der Waals surface area contributed by atoms with E-state index in [1.807, 2.05) is 0 Å². The molecule has 1 aliphatic rings. The van der Waals surface area contributed by atoms with Crippen LogP contribution < -0.4 is 10.1 Å². The summed E-state index contributed by atoms with van der Waals surface area (Å²) in [5, 5.41) is 12.2. The highest BCUT2D eigenvalue weighted by molar-refractivity contribution is 5.38. The molecule has 6 heteroatoms. The average molecular weight is 275 g/mol. The van der Waals surface area contributed by atoms with Crippen molar-refractivity contribution in [1.29, 1.82) is 0 Å². The average Bonchev–Trinajstić information content (AvgIpc) is 2.47. The molecule has 3 rings (SSSR count). The standard InChI is InChI=1S/C14H14FN3O2/c15-10-2-1-9-5-12(8-20-13(9)6-10)18-14-16-4-3-11(7-19)17-14/h1-4,6,12,19H,5,7-8H2,(H,16,17,18). The lowest BCUT2D eigenvalue weighted by Crippen LogP contribution is -2.33. The summed E-state index contributed by atoms with van der Waals surface area (Å²) < 4.78 is 18.6. The van der Waals surface area contributed by atoms with Crippen LogP contribution in [0, 0.1) is 5.82 Å². The Hall–Kier alpha value is -2.21. The number of nitrogens with zero attached hydrogens (tertiary/aromatic N) is 2. The Morgan fingerprint density at radius 3 is 3.15 bits per heavy atom. The molecule has 20 heavy (non-hydrogen) atoms. The monoisotopic (exact) mass is 275 g/mol. The normalized spacial score (nSPS) is 17.2. The maximum absolute atomic E-state index is 13.1. The lowest BCUT2D eigenvalue weighted by molar-refractivity contribution is 0.269. The number of aliphatic hydroxyl groups excluding tert-OH is 1. The smallest absolute Gasteiger partial charge is 0.223 e. The van der Waals surface area contributed by atoms with E-state index in [4.69, 9.17) is 9.84 Å². The zero-order chi connectivity index (χ0) is 13.9. The Bertz CT molecular complexity index is 621. The van der Waals surface area contributed by atoms with Crippen molar-refractivity contribution < 1.29 is 14.2 Å². The number of rotatable bonds is 3. The van der Waals surface area contributed by atoms with Crippen molar-refractivity contribution in [3.05, 3.63) is 47.5 Å². The third-order valence-electron chi connectivity index (χ3n) is 3.14. The molecule has 2 heterocycles. The molecule has 1 unspecified atom stereocenters. The second kappa shape index (κ2) is 5.42. The molecule has 0 saturated heterocycles. The third-order valence-corrected chi connectivity index (χ3v) is 3.14. The second-order valence-electron chi connectivity index (χ2n) is 4.64. The Kier molecular flexibility index (Phi) is 3.47. The lowest BCUT2D eigenvalue weighted by atomic mass is 10.0. The number of halogens is 1. The van der Waals surface area contributed by atoms with Gasteiger partial charge in [0.1, 0.15) is 18.2 Å². The molecular formula is C14H14FN3O2. The van der Waals surface area contributed by atoms with Crippen molar-refractivity contribution in [2.75, 3.05) is 11.9 Å². The van der Waals surface area contributed by atoms with Gasteiger partial charge in [-0.05, 0) is 24.1 Å². The second-order valence-corrected chi connectivity index (χ2v) is 4.64. The number of fused-ring (bicyclic) bond motifs is 1. The summed E-state index contributed by atoms with van der Waals surface area (Å²) in [7, 11) is 0. The fourth-order valence-electron chi connectivity index (χ4n) is 2.18. The number of aromatic nitrogens is 2. The molecule has 1 aromatic heterocycles. The molecule has 1 aliphatic heterocycles. The minimum atomic E-state index is -0.297. The van der Waals surface area contributed by atoms with Gasteiger partial charge in [0.2, 0.25) is 5.95 Å². The van der Waals surface area contributed by atoms with Gasteiger partial charge in [-0.25, -0.2) is 14.4 Å². The number of nitrogens with one attached hydrogen (secondary N) is 1. The Morgan fingerprint density at radius 2 is 2.30 bits per heavy atom. The first-order chi connectivity index (χ1) is 9.74. The molecule has 0 amide bonds. The van der Waals surface area contributed by atoms with Crippen LogP contribution in [0.4, 0.5) is 10.3 Å². The molecule has 0 saturated carbocycles. The number of aliphatic hydroxyl groups is 1. The number of hydrogen-bond donors (Lipinski definition) is 2. The summed E-state index contributed by atoms with van der Waals surface area (Å²) in [4.78, 5) is 8.27. The van der Waals surface area contributed by atoms with Gasteiger partial charge in [-0.15, -0.1) is 0 Å². The maximum Gasteiger partial charge on any atom is 0.223 e. The summed E-state index contributed by atoms with van der Waals surface area (Å²) in [6.45, 7) is 0.295. The molecule has 1 atom stereocenters. The van der Waals surface area contributed by atoms with Crippen LogP contribution in [0.25, 0.3) is 0 Å². The summed E-state index contributed by atoms with van der Waals surface area (Å²) in [6.07, 6.45) is 2.30. The van der Waals surface area contributed by atoms with Crippen LogP contribution in [0.2, 0.25) is 0 Å². The molecule has 0 spiro atoms. The topological polar surface area (TPSA) is 67.3 Å². The van der Waals surface area contributed by atoms with Gasteiger partial charge in [-0.1, -0.05) is 6.07 Å². The first kappa shape index (κ1) is 12.8. The largest absolute Gasteiger partial charge is 0.491 e. The van der Waals surface area contributed by atoms with Crippen LogP contribution in [0.15, 0.2) is 30.5 Å². The summed E-state index contributed by atoms with van der Waals surface area (Å²) >= 11 is 0. The predicted octanol–water partition coefficient (Wildman–Crippen LogP) is 1.52. The van der Waals surface area contributed by atoms with E-state index in [0.717, 1.165) is 5.56 Å². The van der Waals surface area contributed by atoms with Gasteiger partial charge in [0.05, 0.1) is 18.3 Å². The quantitative estimate of drug-likeness (QED) is 0.889. The zero-order valence-corrected chi connectivity index (χ0v) is 10.7. The van der Waals surface area contributed by atoms with Crippen molar-refractivity contribution in [1.82, 2.24) is 9.97 Å².